The minimum absolute atomic E-state index is 0.198. The average molecular weight is 437 g/mol. The zero-order valence-electron chi connectivity index (χ0n) is 17.4. The summed E-state index contributed by atoms with van der Waals surface area (Å²) in [6, 6.07) is 16.3. The van der Waals surface area contributed by atoms with E-state index in [-0.39, 0.29) is 18.5 Å². The van der Waals surface area contributed by atoms with E-state index in [9.17, 15) is 9.59 Å². The van der Waals surface area contributed by atoms with Crippen LogP contribution in [0.3, 0.4) is 0 Å². The summed E-state index contributed by atoms with van der Waals surface area (Å²) in [5.74, 6) is 1.31. The van der Waals surface area contributed by atoms with Crippen molar-refractivity contribution in [3.63, 3.8) is 0 Å². The van der Waals surface area contributed by atoms with Crippen molar-refractivity contribution in [2.45, 2.75) is 19.5 Å². The van der Waals surface area contributed by atoms with Crippen molar-refractivity contribution in [2.24, 2.45) is 10.9 Å². The summed E-state index contributed by atoms with van der Waals surface area (Å²) in [6.07, 6.45) is 0. The fourth-order valence-electron chi connectivity index (χ4n) is 4.44. The Balaban J connectivity index is 1.52. The Morgan fingerprint density at radius 3 is 2.52 bits per heavy atom. The Bertz CT molecular complexity index is 1110. The number of nitrogens with zero attached hydrogens (tertiary/aromatic N) is 5. The van der Waals surface area contributed by atoms with Crippen molar-refractivity contribution >= 4 is 41.0 Å². The third-order valence-electron chi connectivity index (χ3n) is 5.95. The van der Waals surface area contributed by atoms with Gasteiger partial charge in [-0.25, -0.2) is 14.3 Å². The lowest BCUT2D eigenvalue weighted by molar-refractivity contribution is -0.545. The molecule has 2 aromatic carbocycles. The van der Waals surface area contributed by atoms with Crippen molar-refractivity contribution in [1.82, 2.24) is 9.80 Å². The summed E-state index contributed by atoms with van der Waals surface area (Å²) in [5, 5.41) is 0.616. The molecule has 2 aromatic rings. The predicted molar refractivity (Wildman–Crippen MR) is 119 cm³/mol. The van der Waals surface area contributed by atoms with Crippen LogP contribution in [0.25, 0.3) is 0 Å². The van der Waals surface area contributed by atoms with Crippen LogP contribution in [0.5, 0.6) is 0 Å². The maximum atomic E-state index is 13.5. The number of carbonyl (C=O) groups is 2. The number of halogens is 1. The fourth-order valence-corrected chi connectivity index (χ4v) is 4.57. The molecular formula is C23H23ClN5O2+. The molecule has 2 unspecified atom stereocenters. The zero-order chi connectivity index (χ0) is 21.7. The van der Waals surface area contributed by atoms with E-state index in [4.69, 9.17) is 16.6 Å². The molecule has 3 aliphatic heterocycles. The van der Waals surface area contributed by atoms with Gasteiger partial charge < -0.3 is 0 Å². The molecule has 3 heterocycles. The summed E-state index contributed by atoms with van der Waals surface area (Å²) in [5.41, 5.74) is 1.87. The van der Waals surface area contributed by atoms with Crippen LogP contribution in [0.2, 0.25) is 5.02 Å². The maximum Gasteiger partial charge on any atom is 0.397 e. The maximum absolute atomic E-state index is 13.5. The molecule has 5 rings (SSSR count). The average Bonchev–Trinajstić information content (AvgIpc) is 3.16. The largest absolute Gasteiger partial charge is 0.397 e. The van der Waals surface area contributed by atoms with Gasteiger partial charge in [-0.2, -0.15) is 0 Å². The van der Waals surface area contributed by atoms with Crippen molar-refractivity contribution in [3.05, 3.63) is 65.2 Å². The third-order valence-corrected chi connectivity index (χ3v) is 6.21. The number of amides is 3. The minimum atomic E-state index is -0.598. The van der Waals surface area contributed by atoms with E-state index >= 15 is 0 Å². The van der Waals surface area contributed by atoms with Gasteiger partial charge in [0, 0.05) is 18.0 Å². The smallest absolute Gasteiger partial charge is 0.270 e. The number of rotatable bonds is 3. The minimum Gasteiger partial charge on any atom is -0.270 e. The molecule has 2 atom stereocenters. The summed E-state index contributed by atoms with van der Waals surface area (Å²) < 4.78 is 2.04. The lowest BCUT2D eigenvalue weighted by atomic mass is 10.1. The summed E-state index contributed by atoms with van der Waals surface area (Å²) in [4.78, 5) is 36.3. The second-order valence-electron chi connectivity index (χ2n) is 8.27. The SMILES string of the molecule is CC1CN(c2ccccc2)C2=[N+](C1)C1C(=O)N(Cc3ccc(Cl)cc3)C(=O)N(C)C1=N2. The molecule has 3 amide bonds. The van der Waals surface area contributed by atoms with Crippen LogP contribution in [0.4, 0.5) is 10.5 Å². The highest BCUT2D eigenvalue weighted by atomic mass is 35.5. The van der Waals surface area contributed by atoms with Crippen LogP contribution in [0.15, 0.2) is 59.6 Å². The normalized spacial score (nSPS) is 23.2. The van der Waals surface area contributed by atoms with E-state index in [1.54, 1.807) is 19.2 Å². The van der Waals surface area contributed by atoms with E-state index < -0.39 is 6.04 Å². The molecule has 7 nitrogen and oxygen atoms in total. The summed E-state index contributed by atoms with van der Waals surface area (Å²) in [7, 11) is 1.69. The van der Waals surface area contributed by atoms with Crippen molar-refractivity contribution in [2.75, 3.05) is 25.0 Å². The van der Waals surface area contributed by atoms with Gasteiger partial charge >= 0.3 is 12.0 Å². The van der Waals surface area contributed by atoms with E-state index in [1.165, 1.54) is 9.80 Å². The molecule has 31 heavy (non-hydrogen) atoms. The molecule has 0 N–H and O–H groups in total. The van der Waals surface area contributed by atoms with Crippen LogP contribution in [-0.2, 0) is 11.3 Å². The van der Waals surface area contributed by atoms with Crippen LogP contribution < -0.4 is 4.90 Å². The number of carbonyl (C=O) groups excluding carboxylic acids is 2. The Labute approximate surface area is 185 Å². The molecule has 3 aliphatic rings. The number of hydrogen-bond acceptors (Lipinski definition) is 4. The number of aliphatic imine (C=N–C) groups is 1. The first-order valence-corrected chi connectivity index (χ1v) is 10.7. The quantitative estimate of drug-likeness (QED) is 0.695. The van der Waals surface area contributed by atoms with Gasteiger partial charge in [0.1, 0.15) is 5.69 Å². The molecule has 1 saturated heterocycles. The number of urea groups is 1. The van der Waals surface area contributed by atoms with Crippen LogP contribution in [0.1, 0.15) is 12.5 Å². The first kappa shape index (κ1) is 19.8. The highest BCUT2D eigenvalue weighted by Crippen LogP contribution is 2.28. The summed E-state index contributed by atoms with van der Waals surface area (Å²) in [6.45, 7) is 3.88. The van der Waals surface area contributed by atoms with Crippen LogP contribution >= 0.6 is 11.6 Å². The van der Waals surface area contributed by atoms with Gasteiger partial charge in [0.25, 0.3) is 5.91 Å². The Morgan fingerprint density at radius 1 is 1.10 bits per heavy atom. The standard InChI is InChI=1S/C23H23ClN5O2/c1-15-12-27(18-6-4-3-5-7-18)22-25-20-19(28(22)13-15)21(30)29(23(31)26(20)2)14-16-8-10-17(24)11-9-16/h3-11,15,19H,12-14H2,1-2H3/q+1. The predicted octanol–water partition coefficient (Wildman–Crippen LogP) is 3.04. The monoisotopic (exact) mass is 436 g/mol. The molecule has 0 radical (unpaired) electrons. The van der Waals surface area contributed by atoms with E-state index in [0.29, 0.717) is 23.3 Å². The highest BCUT2D eigenvalue weighted by Gasteiger charge is 2.55. The molecule has 8 heteroatoms. The molecule has 0 aliphatic carbocycles. The topological polar surface area (TPSA) is 59.2 Å². The zero-order valence-corrected chi connectivity index (χ0v) is 18.2. The number of para-hydroxylation sites is 1. The van der Waals surface area contributed by atoms with Crippen molar-refractivity contribution < 1.29 is 14.2 Å². The van der Waals surface area contributed by atoms with Gasteiger partial charge in [0.15, 0.2) is 0 Å². The van der Waals surface area contributed by atoms with Gasteiger partial charge in [0.2, 0.25) is 11.9 Å². The van der Waals surface area contributed by atoms with E-state index in [0.717, 1.165) is 23.8 Å². The molecule has 1 fully saturated rings. The number of fused-ring (bicyclic) bond motifs is 2. The molecule has 158 valence electrons. The molecule has 0 bridgehead atoms. The van der Waals surface area contributed by atoms with Gasteiger partial charge in [-0.15, -0.1) is 0 Å². The van der Waals surface area contributed by atoms with E-state index in [1.807, 2.05) is 47.0 Å². The van der Waals surface area contributed by atoms with Gasteiger partial charge in [-0.3, -0.25) is 14.6 Å². The van der Waals surface area contributed by atoms with Crippen LogP contribution in [0, 0.1) is 5.92 Å². The fraction of sp³-hybridized carbons (Fsp3) is 0.304. The number of benzene rings is 2. The number of anilines is 1. The van der Waals surface area contributed by atoms with Gasteiger partial charge in [-0.05, 0) is 29.8 Å². The number of hydrogen-bond donors (Lipinski definition) is 0. The molecule has 0 saturated carbocycles. The molecule has 0 spiro atoms. The third kappa shape index (κ3) is 3.29. The van der Waals surface area contributed by atoms with Crippen molar-refractivity contribution in [1.29, 1.82) is 0 Å². The Hall–Kier alpha value is -3.19. The van der Waals surface area contributed by atoms with Crippen LogP contribution in [-0.4, -0.2) is 64.3 Å². The Kier molecular flexibility index (Phi) is 4.78. The lowest BCUT2D eigenvalue weighted by Gasteiger charge is -2.35. The highest BCUT2D eigenvalue weighted by molar-refractivity contribution is 6.30. The number of imide groups is 1. The Morgan fingerprint density at radius 2 is 1.81 bits per heavy atom. The first-order chi connectivity index (χ1) is 14.9. The lowest BCUT2D eigenvalue weighted by Crippen LogP contribution is -2.63. The number of likely N-dealkylation sites (N-methyl/N-ethyl adjacent to an activating group) is 1. The molecular weight excluding hydrogens is 414 g/mol. The molecule has 0 aromatic heterocycles. The second-order valence-corrected chi connectivity index (χ2v) is 8.71. The van der Waals surface area contributed by atoms with E-state index in [2.05, 4.69) is 11.8 Å². The van der Waals surface area contributed by atoms with Crippen molar-refractivity contribution in [3.8, 4) is 0 Å². The number of guanidine groups is 1. The van der Waals surface area contributed by atoms with Gasteiger partial charge in [-0.1, -0.05) is 53.8 Å². The van der Waals surface area contributed by atoms with Gasteiger partial charge in [0.05, 0.1) is 19.6 Å². The summed E-state index contributed by atoms with van der Waals surface area (Å²) >= 11 is 5.98. The first-order valence-electron chi connectivity index (χ1n) is 10.3. The second kappa shape index (κ2) is 7.50. The number of amidine groups is 1.